The van der Waals surface area contributed by atoms with E-state index in [1.165, 1.54) is 22.5 Å². The number of para-hydroxylation sites is 1. The summed E-state index contributed by atoms with van der Waals surface area (Å²) in [4.78, 5) is 4.61. The molecule has 0 atom stereocenters. The Morgan fingerprint density at radius 2 is 2.00 bits per heavy atom. The van der Waals surface area contributed by atoms with Gasteiger partial charge < -0.3 is 4.74 Å². The number of nitrogens with one attached hydrogen (secondary N) is 1. The van der Waals surface area contributed by atoms with Crippen molar-refractivity contribution in [2.45, 2.75) is 13.8 Å². The van der Waals surface area contributed by atoms with Gasteiger partial charge in [-0.15, -0.1) is 11.3 Å². The van der Waals surface area contributed by atoms with Crippen LogP contribution >= 0.6 is 11.3 Å². The van der Waals surface area contributed by atoms with Gasteiger partial charge in [0.15, 0.2) is 0 Å². The number of benzene rings is 2. The lowest BCUT2D eigenvalue weighted by atomic mass is 10.0. The number of anilines is 1. The molecule has 0 aliphatic heterocycles. The zero-order chi connectivity index (χ0) is 16.9. The summed E-state index contributed by atoms with van der Waals surface area (Å²) >= 11 is 1.54. The molecule has 122 valence electrons. The van der Waals surface area contributed by atoms with Crippen LogP contribution in [-0.2, 0) is 0 Å². The molecule has 1 aromatic heterocycles. The van der Waals surface area contributed by atoms with Gasteiger partial charge in [-0.05, 0) is 31.5 Å². The number of rotatable bonds is 5. The zero-order valence-corrected chi connectivity index (χ0v) is 14.7. The first-order chi connectivity index (χ1) is 11.7. The highest BCUT2D eigenvalue weighted by Crippen LogP contribution is 2.28. The predicted octanol–water partition coefficient (Wildman–Crippen LogP) is 4.88. The van der Waals surface area contributed by atoms with E-state index in [1.54, 1.807) is 13.3 Å². The number of nitrogens with zero attached hydrogens (tertiary/aromatic N) is 2. The van der Waals surface area contributed by atoms with Crippen LogP contribution in [0.4, 0.5) is 5.13 Å². The van der Waals surface area contributed by atoms with Crippen molar-refractivity contribution < 1.29 is 4.74 Å². The van der Waals surface area contributed by atoms with Crippen LogP contribution < -0.4 is 10.2 Å². The Kier molecular flexibility index (Phi) is 4.91. The summed E-state index contributed by atoms with van der Waals surface area (Å²) in [7, 11) is 1.65. The number of hydrazone groups is 1. The molecule has 0 saturated heterocycles. The maximum Gasteiger partial charge on any atom is 0.203 e. The fourth-order valence-electron chi connectivity index (χ4n) is 2.48. The standard InChI is InChI=1S/C19H19N3OS/c1-13-8-9-16(14(2)10-13)17-12-24-19(21-17)22-20-11-15-6-4-5-7-18(15)23-3/h4-12H,1-3H3,(H,21,22). The Morgan fingerprint density at radius 3 is 2.79 bits per heavy atom. The molecule has 24 heavy (non-hydrogen) atoms. The van der Waals surface area contributed by atoms with Crippen molar-refractivity contribution in [2.75, 3.05) is 12.5 Å². The minimum Gasteiger partial charge on any atom is -0.496 e. The van der Waals surface area contributed by atoms with Gasteiger partial charge in [0.05, 0.1) is 19.0 Å². The number of ether oxygens (including phenoxy) is 1. The minimum absolute atomic E-state index is 0.760. The second kappa shape index (κ2) is 7.27. The fourth-order valence-corrected chi connectivity index (χ4v) is 3.14. The first-order valence-electron chi connectivity index (χ1n) is 7.62. The molecule has 1 N–H and O–H groups in total. The van der Waals surface area contributed by atoms with Crippen molar-refractivity contribution in [1.29, 1.82) is 0 Å². The Morgan fingerprint density at radius 1 is 1.17 bits per heavy atom. The van der Waals surface area contributed by atoms with Crippen LogP contribution in [0.5, 0.6) is 5.75 Å². The Bertz CT molecular complexity index is 871. The van der Waals surface area contributed by atoms with E-state index in [-0.39, 0.29) is 0 Å². The van der Waals surface area contributed by atoms with E-state index in [2.05, 4.69) is 47.6 Å². The summed E-state index contributed by atoms with van der Waals surface area (Å²) < 4.78 is 5.30. The van der Waals surface area contributed by atoms with Gasteiger partial charge in [-0.2, -0.15) is 5.10 Å². The third kappa shape index (κ3) is 3.63. The largest absolute Gasteiger partial charge is 0.496 e. The van der Waals surface area contributed by atoms with Crippen molar-refractivity contribution in [3.8, 4) is 17.0 Å². The molecule has 0 bridgehead atoms. The molecule has 0 amide bonds. The molecule has 0 radical (unpaired) electrons. The van der Waals surface area contributed by atoms with Crippen molar-refractivity contribution in [3.63, 3.8) is 0 Å². The maximum atomic E-state index is 5.30. The molecule has 1 heterocycles. The molecular formula is C19H19N3OS. The second-order valence-corrected chi connectivity index (χ2v) is 6.33. The van der Waals surface area contributed by atoms with E-state index in [0.29, 0.717) is 0 Å². The van der Waals surface area contributed by atoms with Gasteiger partial charge in [-0.25, -0.2) is 4.98 Å². The van der Waals surface area contributed by atoms with Gasteiger partial charge in [0.25, 0.3) is 0 Å². The first-order valence-corrected chi connectivity index (χ1v) is 8.50. The molecule has 0 fully saturated rings. The minimum atomic E-state index is 0.760. The van der Waals surface area contributed by atoms with Crippen LogP contribution in [0.25, 0.3) is 11.3 Å². The molecule has 3 aromatic rings. The molecule has 0 aliphatic rings. The van der Waals surface area contributed by atoms with E-state index >= 15 is 0 Å². The van der Waals surface area contributed by atoms with Gasteiger partial charge in [0.2, 0.25) is 5.13 Å². The number of hydrogen-bond acceptors (Lipinski definition) is 5. The third-order valence-electron chi connectivity index (χ3n) is 3.66. The summed E-state index contributed by atoms with van der Waals surface area (Å²) in [5.41, 5.74) is 8.50. The molecule has 2 aromatic carbocycles. The second-order valence-electron chi connectivity index (χ2n) is 5.47. The van der Waals surface area contributed by atoms with Crippen LogP contribution in [0.2, 0.25) is 0 Å². The van der Waals surface area contributed by atoms with Gasteiger partial charge in [-0.3, -0.25) is 5.43 Å². The van der Waals surface area contributed by atoms with Crippen molar-refractivity contribution in [3.05, 3.63) is 64.5 Å². The number of aromatic nitrogens is 1. The van der Waals surface area contributed by atoms with Crippen molar-refractivity contribution in [2.24, 2.45) is 5.10 Å². The average Bonchev–Trinajstić information content (AvgIpc) is 3.04. The fraction of sp³-hybridized carbons (Fsp3) is 0.158. The van der Waals surface area contributed by atoms with Crippen LogP contribution in [0.1, 0.15) is 16.7 Å². The zero-order valence-electron chi connectivity index (χ0n) is 13.9. The molecular weight excluding hydrogens is 318 g/mol. The Hall–Kier alpha value is -2.66. The smallest absolute Gasteiger partial charge is 0.203 e. The molecule has 0 saturated carbocycles. The number of thiazole rings is 1. The molecule has 0 spiro atoms. The Labute approximate surface area is 145 Å². The number of hydrogen-bond donors (Lipinski definition) is 1. The summed E-state index contributed by atoms with van der Waals surface area (Å²) in [5, 5.41) is 7.06. The predicted molar refractivity (Wildman–Crippen MR) is 101 cm³/mol. The first kappa shape index (κ1) is 16.2. The lowest BCUT2D eigenvalue weighted by Crippen LogP contribution is -1.93. The van der Waals surface area contributed by atoms with Gasteiger partial charge in [-0.1, -0.05) is 35.9 Å². The van der Waals surface area contributed by atoms with Crippen molar-refractivity contribution >= 4 is 22.7 Å². The van der Waals surface area contributed by atoms with Gasteiger partial charge in [0, 0.05) is 16.5 Å². The van der Waals surface area contributed by atoms with E-state index in [0.717, 1.165) is 27.7 Å². The van der Waals surface area contributed by atoms with Crippen LogP contribution in [0.3, 0.4) is 0 Å². The Balaban J connectivity index is 1.73. The van der Waals surface area contributed by atoms with E-state index in [9.17, 15) is 0 Å². The van der Waals surface area contributed by atoms with E-state index in [4.69, 9.17) is 4.74 Å². The number of aryl methyl sites for hydroxylation is 2. The summed E-state index contributed by atoms with van der Waals surface area (Å²) in [6.07, 6.45) is 1.73. The quantitative estimate of drug-likeness (QED) is 0.533. The highest BCUT2D eigenvalue weighted by atomic mass is 32.1. The average molecular weight is 337 g/mol. The number of methoxy groups -OCH3 is 1. The SMILES string of the molecule is COc1ccccc1C=NNc1nc(-c2ccc(C)cc2C)cs1. The monoisotopic (exact) mass is 337 g/mol. The highest BCUT2D eigenvalue weighted by Gasteiger charge is 2.07. The normalized spacial score (nSPS) is 11.0. The summed E-state index contributed by atoms with van der Waals surface area (Å²) in [5.74, 6) is 0.790. The summed E-state index contributed by atoms with van der Waals surface area (Å²) in [6.45, 7) is 4.20. The molecule has 4 nitrogen and oxygen atoms in total. The summed E-state index contributed by atoms with van der Waals surface area (Å²) in [6, 6.07) is 14.1. The van der Waals surface area contributed by atoms with Gasteiger partial charge >= 0.3 is 0 Å². The third-order valence-corrected chi connectivity index (χ3v) is 4.41. The van der Waals surface area contributed by atoms with E-state index in [1.807, 2.05) is 29.6 Å². The highest BCUT2D eigenvalue weighted by molar-refractivity contribution is 7.14. The molecule has 0 aliphatic carbocycles. The molecule has 5 heteroatoms. The maximum absolute atomic E-state index is 5.30. The topological polar surface area (TPSA) is 46.5 Å². The lowest BCUT2D eigenvalue weighted by molar-refractivity contribution is 0.414. The molecule has 3 rings (SSSR count). The molecule has 0 unspecified atom stereocenters. The van der Waals surface area contributed by atoms with Crippen LogP contribution in [0.15, 0.2) is 52.9 Å². The van der Waals surface area contributed by atoms with E-state index < -0.39 is 0 Å². The van der Waals surface area contributed by atoms with Crippen molar-refractivity contribution in [1.82, 2.24) is 4.98 Å². The van der Waals surface area contributed by atoms with Crippen LogP contribution in [0, 0.1) is 13.8 Å². The van der Waals surface area contributed by atoms with Crippen LogP contribution in [-0.4, -0.2) is 18.3 Å². The van der Waals surface area contributed by atoms with Gasteiger partial charge in [0.1, 0.15) is 5.75 Å². The lowest BCUT2D eigenvalue weighted by Gasteiger charge is -2.03.